The molecule has 2 amide bonds. The van der Waals surface area contributed by atoms with E-state index in [4.69, 9.17) is 9.84 Å². The highest BCUT2D eigenvalue weighted by Gasteiger charge is 2.46. The number of urea groups is 1. The average molecular weight is 297 g/mol. The van der Waals surface area contributed by atoms with Crippen molar-refractivity contribution in [2.75, 3.05) is 6.61 Å². The molecule has 114 valence electrons. The number of hydrogen-bond donors (Lipinski definition) is 4. The van der Waals surface area contributed by atoms with Gasteiger partial charge in [0.2, 0.25) is 0 Å². The first-order chi connectivity index (χ1) is 10.1. The third-order valence-corrected chi connectivity index (χ3v) is 3.45. The lowest BCUT2D eigenvalue weighted by molar-refractivity contribution is -0.0665. The van der Waals surface area contributed by atoms with Gasteiger partial charge >= 0.3 is 6.03 Å². The number of nitrogens with one attached hydrogen (secondary N) is 1. The average Bonchev–Trinajstić information content (AvgIpc) is 3.10. The van der Waals surface area contributed by atoms with Crippen LogP contribution in [0.5, 0.6) is 0 Å². The normalized spacial score (nSPS) is 36.0. The number of nitrogens with zero attached hydrogens (tertiary/aromatic N) is 4. The van der Waals surface area contributed by atoms with Crippen LogP contribution < -0.4 is 5.32 Å². The summed E-state index contributed by atoms with van der Waals surface area (Å²) in [4.78, 5) is 17.0. The van der Waals surface area contributed by atoms with Crippen LogP contribution >= 0.6 is 0 Å². The quantitative estimate of drug-likeness (QED) is 0.495. The summed E-state index contributed by atoms with van der Waals surface area (Å²) in [6, 6.07) is -0.521. The van der Waals surface area contributed by atoms with Crippen LogP contribution in [0.25, 0.3) is 0 Å². The molecule has 2 aliphatic heterocycles. The van der Waals surface area contributed by atoms with E-state index in [0.29, 0.717) is 0 Å². The molecular weight excluding hydrogens is 282 g/mol. The Morgan fingerprint density at radius 2 is 2.19 bits per heavy atom. The van der Waals surface area contributed by atoms with Gasteiger partial charge in [0.15, 0.2) is 6.23 Å². The maximum absolute atomic E-state index is 12.1. The van der Waals surface area contributed by atoms with Crippen molar-refractivity contribution in [3.05, 3.63) is 24.9 Å². The molecule has 4 N–H and O–H groups in total. The van der Waals surface area contributed by atoms with E-state index in [9.17, 15) is 15.0 Å². The Hall–Kier alpha value is -2.01. The van der Waals surface area contributed by atoms with Crippen molar-refractivity contribution in [2.24, 2.45) is 0 Å². The molecule has 1 unspecified atom stereocenters. The first-order valence-corrected chi connectivity index (χ1v) is 6.35. The maximum Gasteiger partial charge on any atom is 0.325 e. The lowest BCUT2D eigenvalue weighted by atomic mass is 10.1. The number of hydrogen-bond acceptors (Lipinski definition) is 7. The molecule has 1 aromatic rings. The molecule has 3 rings (SSSR count). The van der Waals surface area contributed by atoms with Crippen molar-refractivity contribution >= 4 is 6.03 Å². The summed E-state index contributed by atoms with van der Waals surface area (Å²) in [5.41, 5.74) is 0. The molecule has 0 aromatic carbocycles. The summed E-state index contributed by atoms with van der Waals surface area (Å²) in [5.74, 6) is 0. The van der Waals surface area contributed by atoms with Crippen LogP contribution in [0.4, 0.5) is 4.79 Å². The van der Waals surface area contributed by atoms with E-state index in [1.165, 1.54) is 23.5 Å². The Morgan fingerprint density at radius 3 is 2.76 bits per heavy atom. The number of rotatable bonds is 3. The zero-order valence-corrected chi connectivity index (χ0v) is 10.9. The van der Waals surface area contributed by atoms with Crippen molar-refractivity contribution in [3.8, 4) is 0 Å². The Kier molecular flexibility index (Phi) is 3.59. The number of amides is 2. The number of aromatic nitrogens is 3. The van der Waals surface area contributed by atoms with Gasteiger partial charge < -0.3 is 25.4 Å². The van der Waals surface area contributed by atoms with Gasteiger partial charge in [-0.05, 0) is 6.08 Å². The molecule has 1 saturated heterocycles. The summed E-state index contributed by atoms with van der Waals surface area (Å²) in [6.45, 7) is -0.449. The van der Waals surface area contributed by atoms with Gasteiger partial charge in [-0.3, -0.25) is 4.90 Å². The Balaban J connectivity index is 1.76. The van der Waals surface area contributed by atoms with E-state index >= 15 is 0 Å². The predicted molar refractivity (Wildman–Crippen MR) is 66.3 cm³/mol. The fourth-order valence-electron chi connectivity index (χ4n) is 2.32. The monoisotopic (exact) mass is 297 g/mol. The Morgan fingerprint density at radius 1 is 1.38 bits per heavy atom. The second-order valence-electron chi connectivity index (χ2n) is 4.75. The number of ether oxygens (including phenoxy) is 1. The molecular formula is C11H15N5O5. The van der Waals surface area contributed by atoms with Crippen LogP contribution in [-0.2, 0) is 4.74 Å². The fourth-order valence-corrected chi connectivity index (χ4v) is 2.32. The molecule has 21 heavy (non-hydrogen) atoms. The summed E-state index contributed by atoms with van der Waals surface area (Å²) in [7, 11) is 0. The SMILES string of the molecule is O=C1NC(n2cncn2)C=CN1[C@@H]1O[C@H](CO)[C@@H](O)[C@H]1O. The van der Waals surface area contributed by atoms with Crippen LogP contribution in [0.2, 0.25) is 0 Å². The van der Waals surface area contributed by atoms with Crippen molar-refractivity contribution in [1.29, 1.82) is 0 Å². The standard InChI is InChI=1S/C11H15N5O5/c17-3-6-8(18)9(19)10(21-6)15-2-1-7(14-11(15)20)16-5-12-4-13-16/h1-2,4-10,17-19H,3H2,(H,14,20)/t6-,7?,8-,9-,10-/m1/s1. The fraction of sp³-hybridized carbons (Fsp3) is 0.545. The number of carbonyl (C=O) groups excluding carboxylic acids is 1. The Labute approximate surface area is 119 Å². The van der Waals surface area contributed by atoms with E-state index in [2.05, 4.69) is 15.4 Å². The smallest absolute Gasteiger partial charge is 0.325 e. The molecule has 1 fully saturated rings. The largest absolute Gasteiger partial charge is 0.394 e. The lowest BCUT2D eigenvalue weighted by Crippen LogP contribution is -2.51. The summed E-state index contributed by atoms with van der Waals surface area (Å²) < 4.78 is 6.75. The van der Waals surface area contributed by atoms with E-state index in [1.807, 2.05) is 0 Å². The minimum atomic E-state index is -1.31. The van der Waals surface area contributed by atoms with Crippen molar-refractivity contribution in [2.45, 2.75) is 30.7 Å². The maximum atomic E-state index is 12.1. The van der Waals surface area contributed by atoms with Crippen LogP contribution in [0.3, 0.4) is 0 Å². The highest BCUT2D eigenvalue weighted by Crippen LogP contribution is 2.26. The molecule has 1 aromatic heterocycles. The van der Waals surface area contributed by atoms with Gasteiger partial charge in [-0.2, -0.15) is 5.10 Å². The number of aliphatic hydroxyl groups is 3. The van der Waals surface area contributed by atoms with Gasteiger partial charge in [0, 0.05) is 6.20 Å². The second kappa shape index (κ2) is 5.41. The van der Waals surface area contributed by atoms with Gasteiger partial charge in [0.25, 0.3) is 0 Å². The molecule has 0 saturated carbocycles. The van der Waals surface area contributed by atoms with Gasteiger partial charge in [-0.15, -0.1) is 0 Å². The summed E-state index contributed by atoms with van der Waals surface area (Å²) in [5, 5.41) is 35.2. The molecule has 5 atom stereocenters. The van der Waals surface area contributed by atoms with Gasteiger partial charge in [-0.25, -0.2) is 14.5 Å². The first kappa shape index (κ1) is 13.9. The molecule has 10 heteroatoms. The molecule has 0 radical (unpaired) electrons. The predicted octanol–water partition coefficient (Wildman–Crippen LogP) is -2.25. The minimum absolute atomic E-state index is 0.449. The van der Waals surface area contributed by atoms with E-state index < -0.39 is 43.3 Å². The first-order valence-electron chi connectivity index (χ1n) is 6.35. The zero-order valence-electron chi connectivity index (χ0n) is 10.9. The summed E-state index contributed by atoms with van der Waals surface area (Å²) >= 11 is 0. The van der Waals surface area contributed by atoms with Crippen molar-refractivity contribution < 1.29 is 24.9 Å². The van der Waals surface area contributed by atoms with Crippen LogP contribution in [0, 0.1) is 0 Å². The molecule has 0 bridgehead atoms. The summed E-state index contributed by atoms with van der Waals surface area (Å²) in [6.07, 6.45) is 0.819. The van der Waals surface area contributed by atoms with Gasteiger partial charge in [-0.1, -0.05) is 0 Å². The van der Waals surface area contributed by atoms with Crippen LogP contribution in [-0.4, -0.2) is 72.2 Å². The molecule has 3 heterocycles. The molecule has 0 aliphatic carbocycles. The minimum Gasteiger partial charge on any atom is -0.394 e. The third kappa shape index (κ3) is 2.38. The van der Waals surface area contributed by atoms with Gasteiger partial charge in [0.05, 0.1) is 6.61 Å². The topological polar surface area (TPSA) is 133 Å². The highest BCUT2D eigenvalue weighted by molar-refractivity contribution is 5.77. The van der Waals surface area contributed by atoms with Gasteiger partial charge in [0.1, 0.15) is 37.1 Å². The highest BCUT2D eigenvalue weighted by atomic mass is 16.6. The van der Waals surface area contributed by atoms with E-state index in [-0.39, 0.29) is 0 Å². The Bertz CT molecular complexity index is 535. The molecule has 2 aliphatic rings. The van der Waals surface area contributed by atoms with E-state index in [0.717, 1.165) is 4.90 Å². The third-order valence-electron chi connectivity index (χ3n) is 3.45. The zero-order chi connectivity index (χ0) is 15.0. The molecule has 0 spiro atoms. The van der Waals surface area contributed by atoms with E-state index in [1.54, 1.807) is 6.08 Å². The second-order valence-corrected chi connectivity index (χ2v) is 4.75. The molecule has 10 nitrogen and oxygen atoms in total. The van der Waals surface area contributed by atoms with Crippen molar-refractivity contribution in [1.82, 2.24) is 25.0 Å². The van der Waals surface area contributed by atoms with Crippen molar-refractivity contribution in [3.63, 3.8) is 0 Å². The van der Waals surface area contributed by atoms with Crippen LogP contribution in [0.1, 0.15) is 6.17 Å². The van der Waals surface area contributed by atoms with Crippen LogP contribution in [0.15, 0.2) is 24.9 Å². The number of carbonyl (C=O) groups is 1. The lowest BCUT2D eigenvalue weighted by Gasteiger charge is -2.32. The number of aliphatic hydroxyl groups excluding tert-OH is 3.